The first-order chi connectivity index (χ1) is 9.13. The van der Waals surface area contributed by atoms with Gasteiger partial charge in [0.2, 0.25) is 5.91 Å². The van der Waals surface area contributed by atoms with E-state index >= 15 is 0 Å². The molecule has 1 aromatic carbocycles. The first-order valence-corrected chi connectivity index (χ1v) is 10.1. The molecule has 20 heavy (non-hydrogen) atoms. The fourth-order valence-corrected chi connectivity index (χ4v) is 3.89. The summed E-state index contributed by atoms with van der Waals surface area (Å²) in [6, 6.07) is 8.04. The average molecular weight is 291 g/mol. The molecule has 0 saturated heterocycles. The van der Waals surface area contributed by atoms with Crippen LogP contribution in [0.5, 0.6) is 0 Å². The number of amides is 1. The second kappa shape index (κ2) is 5.01. The van der Waals surface area contributed by atoms with Crippen molar-refractivity contribution in [2.75, 3.05) is 0 Å². The fraction of sp³-hybridized carbons (Fsp3) is 0.562. The summed E-state index contributed by atoms with van der Waals surface area (Å²) in [6.45, 7) is 11.1. The Morgan fingerprint density at radius 2 is 1.90 bits per heavy atom. The molecule has 0 aliphatic heterocycles. The predicted molar refractivity (Wildman–Crippen MR) is 84.2 cm³/mol. The Labute approximate surface area is 122 Å². The van der Waals surface area contributed by atoms with Gasteiger partial charge in [-0.2, -0.15) is 0 Å². The van der Waals surface area contributed by atoms with Gasteiger partial charge in [-0.15, -0.1) is 0 Å². The summed E-state index contributed by atoms with van der Waals surface area (Å²) in [5.41, 5.74) is 7.87. The van der Waals surface area contributed by atoms with Crippen molar-refractivity contribution in [3.8, 4) is 0 Å². The smallest absolute Gasteiger partial charge is 0.227 e. The maximum atomic E-state index is 11.9. The Hall–Kier alpha value is -1.13. The summed E-state index contributed by atoms with van der Waals surface area (Å²) in [4.78, 5) is 11.9. The van der Waals surface area contributed by atoms with Crippen LogP contribution in [0.3, 0.4) is 0 Å². The molecular formula is C16H25NO2Si. The standard InChI is InChI=1S/C16H25NO2Si/c1-16(2,3)20(4,5)19-13-10-11-8-6-7-9-12(11)14(13)15(17)18/h6-9,13-14H,10H2,1-5H3,(H2,17,18)/t13-,14+/m1/s1. The molecule has 2 rings (SSSR count). The lowest BCUT2D eigenvalue weighted by Gasteiger charge is -2.39. The topological polar surface area (TPSA) is 52.3 Å². The van der Waals surface area contributed by atoms with Crippen molar-refractivity contribution in [2.24, 2.45) is 5.73 Å². The number of nitrogens with two attached hydrogens (primary N) is 1. The van der Waals surface area contributed by atoms with Gasteiger partial charge in [-0.3, -0.25) is 4.79 Å². The molecule has 0 radical (unpaired) electrons. The highest BCUT2D eigenvalue weighted by Crippen LogP contribution is 2.42. The van der Waals surface area contributed by atoms with Gasteiger partial charge in [-0.1, -0.05) is 45.0 Å². The molecule has 0 bridgehead atoms. The van der Waals surface area contributed by atoms with Crippen molar-refractivity contribution in [3.63, 3.8) is 0 Å². The lowest BCUT2D eigenvalue weighted by atomic mass is 9.99. The summed E-state index contributed by atoms with van der Waals surface area (Å²) in [5.74, 6) is -0.584. The maximum Gasteiger partial charge on any atom is 0.227 e. The van der Waals surface area contributed by atoms with Crippen LogP contribution in [-0.4, -0.2) is 20.3 Å². The monoisotopic (exact) mass is 291 g/mol. The quantitative estimate of drug-likeness (QED) is 0.869. The van der Waals surface area contributed by atoms with Crippen LogP contribution in [0.4, 0.5) is 0 Å². The van der Waals surface area contributed by atoms with E-state index in [2.05, 4.69) is 39.9 Å². The van der Waals surface area contributed by atoms with E-state index in [1.165, 1.54) is 5.56 Å². The molecule has 1 aliphatic rings. The van der Waals surface area contributed by atoms with E-state index in [1.807, 2.05) is 18.2 Å². The molecule has 0 spiro atoms. The van der Waals surface area contributed by atoms with Gasteiger partial charge in [0, 0.05) is 0 Å². The van der Waals surface area contributed by atoms with Crippen molar-refractivity contribution in [2.45, 2.75) is 57.3 Å². The van der Waals surface area contributed by atoms with Gasteiger partial charge in [-0.25, -0.2) is 0 Å². The molecule has 1 amide bonds. The van der Waals surface area contributed by atoms with Crippen LogP contribution in [0.1, 0.15) is 37.8 Å². The van der Waals surface area contributed by atoms with Crippen LogP contribution < -0.4 is 5.73 Å². The molecule has 3 nitrogen and oxygen atoms in total. The highest BCUT2D eigenvalue weighted by atomic mass is 28.4. The van der Waals surface area contributed by atoms with E-state index in [9.17, 15) is 4.79 Å². The second-order valence-electron chi connectivity index (χ2n) is 7.20. The third-order valence-electron chi connectivity index (χ3n) is 4.74. The molecule has 1 aliphatic carbocycles. The van der Waals surface area contributed by atoms with E-state index < -0.39 is 8.32 Å². The molecular weight excluding hydrogens is 266 g/mol. The van der Waals surface area contributed by atoms with Gasteiger partial charge in [0.05, 0.1) is 12.0 Å². The summed E-state index contributed by atoms with van der Waals surface area (Å²) in [7, 11) is -1.90. The van der Waals surface area contributed by atoms with Crippen LogP contribution >= 0.6 is 0 Å². The highest BCUT2D eigenvalue weighted by Gasteiger charge is 2.44. The molecule has 2 atom stereocenters. The van der Waals surface area contributed by atoms with E-state index in [-0.39, 0.29) is 23.0 Å². The lowest BCUT2D eigenvalue weighted by Crippen LogP contribution is -2.46. The number of carbonyl (C=O) groups excluding carboxylic acids is 1. The summed E-state index contributed by atoms with van der Waals surface area (Å²) < 4.78 is 6.46. The third kappa shape index (κ3) is 2.67. The summed E-state index contributed by atoms with van der Waals surface area (Å²) >= 11 is 0. The molecule has 0 saturated carbocycles. The number of fused-ring (bicyclic) bond motifs is 1. The number of primary amides is 1. The molecule has 4 heteroatoms. The van der Waals surface area contributed by atoms with Gasteiger partial charge in [0.1, 0.15) is 0 Å². The third-order valence-corrected chi connectivity index (χ3v) is 9.25. The number of hydrogen-bond donors (Lipinski definition) is 1. The Kier molecular flexibility index (Phi) is 3.82. The Balaban J connectivity index is 2.29. The minimum atomic E-state index is -1.90. The van der Waals surface area contributed by atoms with Crippen LogP contribution in [0.15, 0.2) is 24.3 Å². The first-order valence-electron chi connectivity index (χ1n) is 7.18. The largest absolute Gasteiger partial charge is 0.412 e. The lowest BCUT2D eigenvalue weighted by molar-refractivity contribution is -0.121. The fourth-order valence-electron chi connectivity index (χ4n) is 2.56. The molecule has 1 aromatic rings. The van der Waals surface area contributed by atoms with Crippen LogP contribution in [0.2, 0.25) is 18.1 Å². The molecule has 0 unspecified atom stereocenters. The zero-order valence-electron chi connectivity index (χ0n) is 13.1. The second-order valence-corrected chi connectivity index (χ2v) is 12.0. The van der Waals surface area contributed by atoms with Gasteiger partial charge in [0.25, 0.3) is 0 Å². The highest BCUT2D eigenvalue weighted by molar-refractivity contribution is 6.74. The van der Waals surface area contributed by atoms with Crippen molar-refractivity contribution in [3.05, 3.63) is 35.4 Å². The van der Waals surface area contributed by atoms with E-state index in [0.29, 0.717) is 0 Å². The maximum absolute atomic E-state index is 11.9. The molecule has 0 aromatic heterocycles. The van der Waals surface area contributed by atoms with Crippen molar-refractivity contribution >= 4 is 14.2 Å². The van der Waals surface area contributed by atoms with E-state index in [0.717, 1.165) is 12.0 Å². The minimum absolute atomic E-state index is 0.106. The van der Waals surface area contributed by atoms with Crippen molar-refractivity contribution in [1.82, 2.24) is 0 Å². The van der Waals surface area contributed by atoms with E-state index in [4.69, 9.17) is 10.2 Å². The zero-order chi connectivity index (χ0) is 15.1. The number of carbonyl (C=O) groups is 1. The summed E-state index contributed by atoms with van der Waals surface area (Å²) in [6.07, 6.45) is 0.682. The minimum Gasteiger partial charge on any atom is -0.412 e. The molecule has 2 N–H and O–H groups in total. The van der Waals surface area contributed by atoms with Crippen molar-refractivity contribution in [1.29, 1.82) is 0 Å². The van der Waals surface area contributed by atoms with Crippen molar-refractivity contribution < 1.29 is 9.22 Å². The molecule has 0 fully saturated rings. The number of hydrogen-bond acceptors (Lipinski definition) is 2. The number of benzene rings is 1. The van der Waals surface area contributed by atoms with Crippen LogP contribution in [0, 0.1) is 0 Å². The Bertz CT molecular complexity index is 519. The zero-order valence-corrected chi connectivity index (χ0v) is 14.1. The van der Waals surface area contributed by atoms with Crippen LogP contribution in [-0.2, 0) is 15.6 Å². The number of rotatable bonds is 3. The van der Waals surface area contributed by atoms with Crippen LogP contribution in [0.25, 0.3) is 0 Å². The SMILES string of the molecule is CC(C)(C)[Si](C)(C)O[C@@H]1Cc2ccccc2[C@@H]1C(N)=O. The van der Waals surface area contributed by atoms with Gasteiger partial charge in [-0.05, 0) is 35.7 Å². The normalized spacial score (nSPS) is 22.6. The average Bonchev–Trinajstić information content (AvgIpc) is 2.64. The van der Waals surface area contributed by atoms with Gasteiger partial charge < -0.3 is 10.2 Å². The van der Waals surface area contributed by atoms with E-state index in [1.54, 1.807) is 0 Å². The first kappa shape index (κ1) is 15.3. The Morgan fingerprint density at radius 1 is 1.30 bits per heavy atom. The van der Waals surface area contributed by atoms with Gasteiger partial charge >= 0.3 is 0 Å². The Morgan fingerprint density at radius 3 is 2.45 bits per heavy atom. The predicted octanol–water partition coefficient (Wildman–Crippen LogP) is 3.20. The van der Waals surface area contributed by atoms with Gasteiger partial charge in [0.15, 0.2) is 8.32 Å². The molecule has 110 valence electrons. The summed E-state index contributed by atoms with van der Waals surface area (Å²) in [5, 5.41) is 0.129. The molecule has 0 heterocycles.